The Balaban J connectivity index is 2.93. The number of rotatable bonds is 2. The minimum atomic E-state index is 1.15. The summed E-state index contributed by atoms with van der Waals surface area (Å²) in [4.78, 5) is 0. The number of allylic oxidation sites excluding steroid dienone is 3. The Morgan fingerprint density at radius 1 is 1.73 bits per heavy atom. The minimum absolute atomic E-state index is 1.15. The standard InChI is InChI=1S/C9H12N2/c1-4-5-8(2)9-6-10-11(3)7-9/h4-7H,1H2,2-3H3/b8-5+. The maximum Gasteiger partial charge on any atom is 0.0564 e. The van der Waals surface area contributed by atoms with Gasteiger partial charge in [-0.15, -0.1) is 0 Å². The van der Waals surface area contributed by atoms with Gasteiger partial charge in [0, 0.05) is 18.8 Å². The summed E-state index contributed by atoms with van der Waals surface area (Å²) < 4.78 is 1.79. The molecule has 1 rings (SSSR count). The molecule has 0 bridgehead atoms. The maximum atomic E-state index is 4.06. The number of hydrogen-bond donors (Lipinski definition) is 0. The summed E-state index contributed by atoms with van der Waals surface area (Å²) in [5.41, 5.74) is 2.33. The van der Waals surface area contributed by atoms with Gasteiger partial charge in [0.15, 0.2) is 0 Å². The van der Waals surface area contributed by atoms with E-state index in [1.807, 2.05) is 32.4 Å². The van der Waals surface area contributed by atoms with Crippen LogP contribution in [0.4, 0.5) is 0 Å². The predicted molar refractivity (Wildman–Crippen MR) is 47.1 cm³/mol. The zero-order valence-corrected chi connectivity index (χ0v) is 6.91. The quantitative estimate of drug-likeness (QED) is 0.586. The molecule has 0 spiro atoms. The molecule has 0 radical (unpaired) electrons. The predicted octanol–water partition coefficient (Wildman–Crippen LogP) is 2.01. The molecule has 58 valence electrons. The molecule has 0 unspecified atom stereocenters. The van der Waals surface area contributed by atoms with Gasteiger partial charge in [0.05, 0.1) is 6.20 Å². The van der Waals surface area contributed by atoms with Gasteiger partial charge in [0.1, 0.15) is 0 Å². The zero-order valence-electron chi connectivity index (χ0n) is 6.91. The van der Waals surface area contributed by atoms with Gasteiger partial charge < -0.3 is 0 Å². The second kappa shape index (κ2) is 3.19. The molecule has 0 aliphatic rings. The van der Waals surface area contributed by atoms with E-state index in [1.165, 1.54) is 5.57 Å². The average molecular weight is 148 g/mol. The van der Waals surface area contributed by atoms with Crippen molar-refractivity contribution in [3.63, 3.8) is 0 Å². The topological polar surface area (TPSA) is 17.8 Å². The van der Waals surface area contributed by atoms with E-state index in [1.54, 1.807) is 10.8 Å². The summed E-state index contributed by atoms with van der Waals surface area (Å²) in [5.74, 6) is 0. The van der Waals surface area contributed by atoms with Gasteiger partial charge in [0.25, 0.3) is 0 Å². The fraction of sp³-hybridized carbons (Fsp3) is 0.222. The molecule has 0 atom stereocenters. The van der Waals surface area contributed by atoms with E-state index in [2.05, 4.69) is 11.7 Å². The zero-order chi connectivity index (χ0) is 8.27. The summed E-state index contributed by atoms with van der Waals surface area (Å²) in [6, 6.07) is 0. The van der Waals surface area contributed by atoms with Crippen molar-refractivity contribution in [2.75, 3.05) is 0 Å². The Morgan fingerprint density at radius 2 is 2.45 bits per heavy atom. The van der Waals surface area contributed by atoms with Crippen LogP contribution in [0.3, 0.4) is 0 Å². The summed E-state index contributed by atoms with van der Waals surface area (Å²) in [6.45, 7) is 5.67. The van der Waals surface area contributed by atoms with Crippen molar-refractivity contribution in [3.8, 4) is 0 Å². The minimum Gasteiger partial charge on any atom is -0.275 e. The van der Waals surface area contributed by atoms with E-state index < -0.39 is 0 Å². The van der Waals surface area contributed by atoms with Crippen LogP contribution in [0.5, 0.6) is 0 Å². The Kier molecular flexibility index (Phi) is 2.26. The van der Waals surface area contributed by atoms with Crippen LogP contribution in [0.25, 0.3) is 5.57 Å². The fourth-order valence-corrected chi connectivity index (χ4v) is 0.898. The lowest BCUT2D eigenvalue weighted by atomic mass is 10.1. The first kappa shape index (κ1) is 7.79. The van der Waals surface area contributed by atoms with Crippen LogP contribution >= 0.6 is 0 Å². The molecular formula is C9H12N2. The molecule has 0 fully saturated rings. The van der Waals surface area contributed by atoms with Crippen LogP contribution in [0.2, 0.25) is 0 Å². The SMILES string of the molecule is C=C/C=C(\C)c1cnn(C)c1. The molecule has 0 aromatic carbocycles. The Labute approximate surface area is 66.8 Å². The normalized spacial score (nSPS) is 11.6. The van der Waals surface area contributed by atoms with Gasteiger partial charge in [-0.25, -0.2) is 0 Å². The molecule has 11 heavy (non-hydrogen) atoms. The molecule has 0 amide bonds. The first-order chi connectivity index (χ1) is 5.24. The van der Waals surface area contributed by atoms with Crippen molar-refractivity contribution in [2.45, 2.75) is 6.92 Å². The summed E-state index contributed by atoms with van der Waals surface area (Å²) >= 11 is 0. The van der Waals surface area contributed by atoms with Crippen LogP contribution in [0.1, 0.15) is 12.5 Å². The second-order valence-corrected chi connectivity index (χ2v) is 2.49. The molecule has 2 heteroatoms. The highest BCUT2D eigenvalue weighted by Crippen LogP contribution is 2.11. The smallest absolute Gasteiger partial charge is 0.0564 e. The number of hydrogen-bond acceptors (Lipinski definition) is 1. The van der Waals surface area contributed by atoms with Crippen LogP contribution < -0.4 is 0 Å². The highest BCUT2D eigenvalue weighted by molar-refractivity contribution is 5.63. The summed E-state index contributed by atoms with van der Waals surface area (Å²) in [7, 11) is 1.91. The Hall–Kier alpha value is -1.31. The molecule has 0 N–H and O–H groups in total. The number of aromatic nitrogens is 2. The van der Waals surface area contributed by atoms with Crippen LogP contribution in [-0.2, 0) is 7.05 Å². The molecule has 0 saturated heterocycles. The molecule has 1 aromatic heterocycles. The van der Waals surface area contributed by atoms with E-state index in [4.69, 9.17) is 0 Å². The molecule has 0 aliphatic heterocycles. The Morgan fingerprint density at radius 3 is 2.91 bits per heavy atom. The average Bonchev–Trinajstić information content (AvgIpc) is 2.36. The molecule has 1 aromatic rings. The maximum absolute atomic E-state index is 4.06. The van der Waals surface area contributed by atoms with Crippen LogP contribution in [0, 0.1) is 0 Å². The molecule has 0 saturated carbocycles. The monoisotopic (exact) mass is 148 g/mol. The van der Waals surface area contributed by atoms with E-state index in [9.17, 15) is 0 Å². The van der Waals surface area contributed by atoms with Gasteiger partial charge >= 0.3 is 0 Å². The first-order valence-electron chi connectivity index (χ1n) is 3.52. The lowest BCUT2D eigenvalue weighted by molar-refractivity contribution is 0.767. The van der Waals surface area contributed by atoms with Gasteiger partial charge in [0.2, 0.25) is 0 Å². The largest absolute Gasteiger partial charge is 0.275 e. The van der Waals surface area contributed by atoms with Gasteiger partial charge in [-0.3, -0.25) is 4.68 Å². The third-order valence-corrected chi connectivity index (χ3v) is 1.53. The molecule has 1 heterocycles. The lowest BCUT2D eigenvalue weighted by Gasteiger charge is -1.91. The molecule has 2 nitrogen and oxygen atoms in total. The fourth-order valence-electron chi connectivity index (χ4n) is 0.898. The number of nitrogens with zero attached hydrogens (tertiary/aromatic N) is 2. The van der Waals surface area contributed by atoms with Crippen LogP contribution in [-0.4, -0.2) is 9.78 Å². The lowest BCUT2D eigenvalue weighted by Crippen LogP contribution is -1.84. The van der Waals surface area contributed by atoms with Crippen molar-refractivity contribution in [2.24, 2.45) is 7.05 Å². The van der Waals surface area contributed by atoms with E-state index in [-0.39, 0.29) is 0 Å². The second-order valence-electron chi connectivity index (χ2n) is 2.49. The van der Waals surface area contributed by atoms with Gasteiger partial charge in [-0.2, -0.15) is 5.10 Å². The summed E-state index contributed by atoms with van der Waals surface area (Å²) in [6.07, 6.45) is 7.57. The number of aryl methyl sites for hydroxylation is 1. The summed E-state index contributed by atoms with van der Waals surface area (Å²) in [5, 5.41) is 4.06. The van der Waals surface area contributed by atoms with Crippen molar-refractivity contribution < 1.29 is 0 Å². The van der Waals surface area contributed by atoms with Crippen LogP contribution in [0.15, 0.2) is 31.1 Å². The first-order valence-corrected chi connectivity index (χ1v) is 3.52. The van der Waals surface area contributed by atoms with Crippen molar-refractivity contribution in [3.05, 3.63) is 36.7 Å². The third-order valence-electron chi connectivity index (χ3n) is 1.53. The highest BCUT2D eigenvalue weighted by atomic mass is 15.2. The van der Waals surface area contributed by atoms with E-state index in [0.717, 1.165) is 5.56 Å². The van der Waals surface area contributed by atoms with Crippen molar-refractivity contribution in [1.82, 2.24) is 9.78 Å². The Bertz CT molecular complexity index is 282. The molecule has 0 aliphatic carbocycles. The van der Waals surface area contributed by atoms with E-state index in [0.29, 0.717) is 0 Å². The molecular weight excluding hydrogens is 136 g/mol. The van der Waals surface area contributed by atoms with Gasteiger partial charge in [-0.1, -0.05) is 18.7 Å². The van der Waals surface area contributed by atoms with Gasteiger partial charge in [-0.05, 0) is 12.5 Å². The van der Waals surface area contributed by atoms with Crippen molar-refractivity contribution in [1.29, 1.82) is 0 Å². The highest BCUT2D eigenvalue weighted by Gasteiger charge is 1.95. The van der Waals surface area contributed by atoms with Crippen molar-refractivity contribution >= 4 is 5.57 Å². The third kappa shape index (κ3) is 1.80. The van der Waals surface area contributed by atoms with E-state index >= 15 is 0 Å².